The first kappa shape index (κ1) is 19.3. The third-order valence-electron chi connectivity index (χ3n) is 3.23. The van der Waals surface area contributed by atoms with Gasteiger partial charge in [0.25, 0.3) is 5.91 Å². The summed E-state index contributed by atoms with van der Waals surface area (Å²) in [5.74, 6) is 0.290. The average Bonchev–Trinajstić information content (AvgIpc) is 3.03. The van der Waals surface area contributed by atoms with Gasteiger partial charge in [0.05, 0.1) is 4.47 Å². The maximum Gasteiger partial charge on any atom is 0.264 e. The zero-order valence-corrected chi connectivity index (χ0v) is 18.0. The van der Waals surface area contributed by atoms with E-state index < -0.39 is 0 Å². The Bertz CT molecular complexity index is 919. The number of amides is 1. The number of rotatable bonds is 6. The molecule has 0 atom stereocenters. The topological polar surface area (TPSA) is 64.1 Å². The number of ether oxygens (including phenoxy) is 1. The molecule has 0 fully saturated rings. The van der Waals surface area contributed by atoms with Crippen LogP contribution in [0.15, 0.2) is 51.4 Å². The molecule has 1 N–H and O–H groups in total. The maximum absolute atomic E-state index is 12.0. The second kappa shape index (κ2) is 8.94. The van der Waals surface area contributed by atoms with Gasteiger partial charge in [-0.2, -0.15) is 0 Å². The van der Waals surface area contributed by atoms with E-state index in [1.54, 1.807) is 6.07 Å². The molecule has 0 aliphatic rings. The van der Waals surface area contributed by atoms with E-state index in [-0.39, 0.29) is 12.5 Å². The fourth-order valence-electron chi connectivity index (χ4n) is 2.04. The Kier molecular flexibility index (Phi) is 6.63. The minimum Gasteiger partial charge on any atom is -0.483 e. The van der Waals surface area contributed by atoms with Crippen molar-refractivity contribution in [2.24, 2.45) is 0 Å². The smallest absolute Gasteiger partial charge is 0.264 e. The number of anilines is 1. The van der Waals surface area contributed by atoms with Crippen LogP contribution in [0.5, 0.6) is 5.75 Å². The van der Waals surface area contributed by atoms with E-state index >= 15 is 0 Å². The van der Waals surface area contributed by atoms with Crippen molar-refractivity contribution in [3.8, 4) is 5.75 Å². The first-order valence-electron chi connectivity index (χ1n) is 7.44. The molecular weight excluding hydrogens is 506 g/mol. The minimum atomic E-state index is -0.297. The highest BCUT2D eigenvalue weighted by molar-refractivity contribution is 9.11. The molecule has 5 nitrogen and oxygen atoms in total. The SMILES string of the molecule is O=C(COc1ccc(Br)cc1Br)Nc1nnc(Cc2ccc(Cl)cc2)s1. The molecule has 26 heavy (non-hydrogen) atoms. The largest absolute Gasteiger partial charge is 0.483 e. The Morgan fingerprint density at radius 1 is 1.15 bits per heavy atom. The summed E-state index contributed by atoms with van der Waals surface area (Å²) in [5.41, 5.74) is 1.08. The molecule has 9 heteroatoms. The van der Waals surface area contributed by atoms with Gasteiger partial charge < -0.3 is 4.74 Å². The van der Waals surface area contributed by atoms with E-state index in [2.05, 4.69) is 47.4 Å². The zero-order chi connectivity index (χ0) is 18.5. The lowest BCUT2D eigenvalue weighted by Crippen LogP contribution is -2.20. The second-order valence-corrected chi connectivity index (χ2v) is 8.48. The van der Waals surface area contributed by atoms with Crippen molar-refractivity contribution in [1.82, 2.24) is 10.2 Å². The highest BCUT2D eigenvalue weighted by atomic mass is 79.9. The van der Waals surface area contributed by atoms with E-state index in [0.717, 1.165) is 19.5 Å². The maximum atomic E-state index is 12.0. The van der Waals surface area contributed by atoms with Gasteiger partial charge in [-0.05, 0) is 51.8 Å². The number of halogens is 3. The molecule has 2 aromatic carbocycles. The van der Waals surface area contributed by atoms with Gasteiger partial charge in [-0.15, -0.1) is 10.2 Å². The third kappa shape index (κ3) is 5.51. The van der Waals surface area contributed by atoms with E-state index in [9.17, 15) is 4.79 Å². The van der Waals surface area contributed by atoms with Gasteiger partial charge in [-0.3, -0.25) is 10.1 Å². The first-order chi connectivity index (χ1) is 12.5. The van der Waals surface area contributed by atoms with E-state index in [1.165, 1.54) is 11.3 Å². The molecule has 0 radical (unpaired) electrons. The summed E-state index contributed by atoms with van der Waals surface area (Å²) in [4.78, 5) is 12.0. The van der Waals surface area contributed by atoms with Crippen LogP contribution in [0, 0.1) is 0 Å². The normalized spacial score (nSPS) is 10.6. The highest BCUT2D eigenvalue weighted by Crippen LogP contribution is 2.28. The first-order valence-corrected chi connectivity index (χ1v) is 10.2. The van der Waals surface area contributed by atoms with E-state index in [1.807, 2.05) is 36.4 Å². The van der Waals surface area contributed by atoms with Crippen LogP contribution in [0.25, 0.3) is 0 Å². The van der Waals surface area contributed by atoms with E-state index in [0.29, 0.717) is 22.3 Å². The third-order valence-corrected chi connectivity index (χ3v) is 5.44. The second-order valence-electron chi connectivity index (χ2n) is 5.22. The fourth-order valence-corrected chi connectivity index (χ4v) is 4.12. The molecule has 0 unspecified atom stereocenters. The van der Waals surface area contributed by atoms with Crippen molar-refractivity contribution in [1.29, 1.82) is 0 Å². The quantitative estimate of drug-likeness (QED) is 0.481. The monoisotopic (exact) mass is 515 g/mol. The van der Waals surface area contributed by atoms with Crippen molar-refractivity contribution in [2.45, 2.75) is 6.42 Å². The molecule has 0 saturated heterocycles. The van der Waals surface area contributed by atoms with Crippen molar-refractivity contribution in [3.05, 3.63) is 67.0 Å². The van der Waals surface area contributed by atoms with Crippen molar-refractivity contribution in [3.63, 3.8) is 0 Å². The van der Waals surface area contributed by atoms with Gasteiger partial charge in [0.15, 0.2) is 6.61 Å². The lowest BCUT2D eigenvalue weighted by Gasteiger charge is -2.07. The lowest BCUT2D eigenvalue weighted by molar-refractivity contribution is -0.118. The van der Waals surface area contributed by atoms with Crippen LogP contribution in [-0.2, 0) is 11.2 Å². The van der Waals surface area contributed by atoms with Crippen LogP contribution < -0.4 is 10.1 Å². The molecule has 1 aromatic heterocycles. The number of hydrogen-bond acceptors (Lipinski definition) is 5. The average molecular weight is 518 g/mol. The summed E-state index contributed by atoms with van der Waals surface area (Å²) in [6.07, 6.45) is 0.632. The number of benzene rings is 2. The van der Waals surface area contributed by atoms with Gasteiger partial charge >= 0.3 is 0 Å². The summed E-state index contributed by atoms with van der Waals surface area (Å²) in [7, 11) is 0. The predicted molar refractivity (Wildman–Crippen MR) is 110 cm³/mol. The summed E-state index contributed by atoms with van der Waals surface area (Å²) in [6.45, 7) is -0.119. The minimum absolute atomic E-state index is 0.119. The zero-order valence-electron chi connectivity index (χ0n) is 13.2. The molecule has 0 spiro atoms. The summed E-state index contributed by atoms with van der Waals surface area (Å²) in [6, 6.07) is 13.0. The molecule has 3 rings (SSSR count). The number of aromatic nitrogens is 2. The highest BCUT2D eigenvalue weighted by Gasteiger charge is 2.10. The molecule has 0 bridgehead atoms. The number of carbonyl (C=O) groups is 1. The lowest BCUT2D eigenvalue weighted by atomic mass is 10.2. The Morgan fingerprint density at radius 3 is 2.65 bits per heavy atom. The fraction of sp³-hybridized carbons (Fsp3) is 0.118. The van der Waals surface area contributed by atoms with Crippen LogP contribution in [-0.4, -0.2) is 22.7 Å². The van der Waals surface area contributed by atoms with Crippen LogP contribution >= 0.6 is 54.8 Å². The van der Waals surface area contributed by atoms with Gasteiger partial charge in [0.2, 0.25) is 5.13 Å². The van der Waals surface area contributed by atoms with Crippen molar-refractivity contribution < 1.29 is 9.53 Å². The van der Waals surface area contributed by atoms with Gasteiger partial charge in [0.1, 0.15) is 10.8 Å². The summed E-state index contributed by atoms with van der Waals surface area (Å²) >= 11 is 14.0. The summed E-state index contributed by atoms with van der Waals surface area (Å²) in [5, 5.41) is 12.7. The molecule has 0 saturated carbocycles. The molecule has 134 valence electrons. The molecule has 0 aliphatic heterocycles. The Hall–Kier alpha value is -1.48. The molecule has 1 heterocycles. The molecular formula is C17H12Br2ClN3O2S. The number of hydrogen-bond donors (Lipinski definition) is 1. The predicted octanol–water partition coefficient (Wildman–Crippen LogP) is 5.32. The van der Waals surface area contributed by atoms with Crippen molar-refractivity contribution in [2.75, 3.05) is 11.9 Å². The van der Waals surface area contributed by atoms with Crippen LogP contribution in [0.4, 0.5) is 5.13 Å². The number of carbonyl (C=O) groups excluding carboxylic acids is 1. The van der Waals surface area contributed by atoms with Gasteiger partial charge in [0, 0.05) is 15.9 Å². The number of nitrogens with zero attached hydrogens (tertiary/aromatic N) is 2. The number of nitrogens with one attached hydrogen (secondary N) is 1. The van der Waals surface area contributed by atoms with E-state index in [4.69, 9.17) is 16.3 Å². The Morgan fingerprint density at radius 2 is 1.92 bits per heavy atom. The molecule has 1 amide bonds. The van der Waals surface area contributed by atoms with Crippen molar-refractivity contribution >= 4 is 65.8 Å². The van der Waals surface area contributed by atoms with Gasteiger partial charge in [-0.1, -0.05) is 51.0 Å². The Balaban J connectivity index is 1.53. The van der Waals surface area contributed by atoms with Crippen LogP contribution in [0.2, 0.25) is 5.02 Å². The summed E-state index contributed by atoms with van der Waals surface area (Å²) < 4.78 is 7.19. The Labute approximate surface area is 176 Å². The van der Waals surface area contributed by atoms with Crippen LogP contribution in [0.3, 0.4) is 0 Å². The van der Waals surface area contributed by atoms with Gasteiger partial charge in [-0.25, -0.2) is 0 Å². The molecule has 0 aliphatic carbocycles. The standard InChI is InChI=1S/C17H12Br2ClN3O2S/c18-11-3-6-14(13(19)8-11)25-9-15(24)21-17-23-22-16(26-17)7-10-1-4-12(20)5-2-10/h1-6,8H,7,9H2,(H,21,23,24). The molecule has 3 aromatic rings. The van der Waals surface area contributed by atoms with Crippen LogP contribution in [0.1, 0.15) is 10.6 Å².